The number of aliphatic imine (C=N–C) groups is 1. The summed E-state index contributed by atoms with van der Waals surface area (Å²) in [6.07, 6.45) is 9.82. The van der Waals surface area contributed by atoms with Crippen LogP contribution in [-0.4, -0.2) is 5.71 Å². The van der Waals surface area contributed by atoms with Crippen LogP contribution in [0.15, 0.2) is 29.3 Å². The van der Waals surface area contributed by atoms with E-state index in [9.17, 15) is 4.39 Å². The van der Waals surface area contributed by atoms with E-state index in [2.05, 4.69) is 6.08 Å². The molecule has 0 radical (unpaired) electrons. The number of rotatable bonds is 2. The molecule has 0 aromatic heterocycles. The highest BCUT2D eigenvalue weighted by Gasteiger charge is 2.22. The second-order valence-corrected chi connectivity index (χ2v) is 5.70. The molecule has 2 aliphatic rings. The zero-order chi connectivity index (χ0) is 13.2. The van der Waals surface area contributed by atoms with Gasteiger partial charge in [0.1, 0.15) is 5.82 Å². The van der Waals surface area contributed by atoms with Crippen LogP contribution in [-0.2, 0) is 0 Å². The van der Waals surface area contributed by atoms with Crippen molar-refractivity contribution >= 4 is 11.4 Å². The molecule has 1 heterocycles. The predicted octanol–water partition coefficient (Wildman–Crippen LogP) is 4.90. The molecule has 100 valence electrons. The van der Waals surface area contributed by atoms with Crippen LogP contribution in [0.4, 0.5) is 4.39 Å². The maximum atomic E-state index is 13.3. The average molecular weight is 257 g/mol. The Kier molecular flexibility index (Phi) is 3.50. The zero-order valence-electron chi connectivity index (χ0n) is 11.5. The Morgan fingerprint density at radius 1 is 1.16 bits per heavy atom. The van der Waals surface area contributed by atoms with Gasteiger partial charge >= 0.3 is 0 Å². The molecular formula is C17H20FN. The highest BCUT2D eigenvalue weighted by molar-refractivity contribution is 5.97. The van der Waals surface area contributed by atoms with Crippen molar-refractivity contribution in [2.24, 2.45) is 10.9 Å². The second-order valence-electron chi connectivity index (χ2n) is 5.70. The van der Waals surface area contributed by atoms with Gasteiger partial charge in [0.05, 0.1) is 5.70 Å². The minimum atomic E-state index is -0.140. The third-order valence-electron chi connectivity index (χ3n) is 4.30. The van der Waals surface area contributed by atoms with E-state index >= 15 is 0 Å². The maximum absolute atomic E-state index is 13.3. The van der Waals surface area contributed by atoms with E-state index in [1.54, 1.807) is 13.0 Å². The molecule has 0 atom stereocenters. The Labute approximate surface area is 114 Å². The summed E-state index contributed by atoms with van der Waals surface area (Å²) < 4.78 is 13.3. The minimum Gasteiger partial charge on any atom is -0.257 e. The highest BCUT2D eigenvalue weighted by atomic mass is 19.1. The predicted molar refractivity (Wildman–Crippen MR) is 77.7 cm³/mol. The van der Waals surface area contributed by atoms with Gasteiger partial charge in [0.15, 0.2) is 0 Å². The summed E-state index contributed by atoms with van der Waals surface area (Å²) in [5.74, 6) is 0.544. The molecule has 0 saturated heterocycles. The topological polar surface area (TPSA) is 12.4 Å². The molecule has 1 aromatic rings. The van der Waals surface area contributed by atoms with E-state index in [4.69, 9.17) is 4.99 Å². The van der Waals surface area contributed by atoms with E-state index in [0.29, 0.717) is 11.5 Å². The van der Waals surface area contributed by atoms with E-state index in [1.807, 2.05) is 12.1 Å². The third kappa shape index (κ3) is 2.63. The Morgan fingerprint density at radius 2 is 1.95 bits per heavy atom. The number of allylic oxidation sites excluding steroid dienone is 1. The smallest absolute Gasteiger partial charge is 0.126 e. The Hall–Kier alpha value is -1.44. The minimum absolute atomic E-state index is 0.140. The fourth-order valence-corrected chi connectivity index (χ4v) is 3.13. The molecule has 1 aromatic carbocycles. The van der Waals surface area contributed by atoms with Gasteiger partial charge in [-0.1, -0.05) is 25.3 Å². The molecule has 1 nitrogen and oxygen atoms in total. The molecule has 0 bridgehead atoms. The number of hydrogen-bond acceptors (Lipinski definition) is 1. The van der Waals surface area contributed by atoms with Gasteiger partial charge in [0.25, 0.3) is 0 Å². The molecule has 19 heavy (non-hydrogen) atoms. The van der Waals surface area contributed by atoms with Crippen LogP contribution in [0.1, 0.15) is 49.7 Å². The van der Waals surface area contributed by atoms with Crippen LogP contribution >= 0.6 is 0 Å². The summed E-state index contributed by atoms with van der Waals surface area (Å²) >= 11 is 0. The van der Waals surface area contributed by atoms with Gasteiger partial charge < -0.3 is 0 Å². The third-order valence-corrected chi connectivity index (χ3v) is 4.30. The van der Waals surface area contributed by atoms with Crippen molar-refractivity contribution in [2.75, 3.05) is 0 Å². The zero-order valence-corrected chi connectivity index (χ0v) is 11.5. The first-order chi connectivity index (χ1) is 9.24. The van der Waals surface area contributed by atoms with Crippen molar-refractivity contribution in [1.82, 2.24) is 0 Å². The SMILES string of the molecule is Cc1cc(C2=CCC(C3CCCCC3)=N2)ccc1F. The van der Waals surface area contributed by atoms with Gasteiger partial charge in [-0.2, -0.15) is 0 Å². The lowest BCUT2D eigenvalue weighted by Crippen LogP contribution is -2.15. The van der Waals surface area contributed by atoms with Crippen molar-refractivity contribution in [1.29, 1.82) is 0 Å². The van der Waals surface area contributed by atoms with Gasteiger partial charge in [-0.3, -0.25) is 4.99 Å². The largest absolute Gasteiger partial charge is 0.257 e. The average Bonchev–Trinajstić information content (AvgIpc) is 2.93. The number of benzene rings is 1. The Balaban J connectivity index is 1.79. The molecule has 0 unspecified atom stereocenters. The van der Waals surface area contributed by atoms with E-state index in [1.165, 1.54) is 37.8 Å². The fraction of sp³-hybridized carbons (Fsp3) is 0.471. The van der Waals surface area contributed by atoms with Crippen LogP contribution in [0, 0.1) is 18.7 Å². The summed E-state index contributed by atoms with van der Waals surface area (Å²) in [6, 6.07) is 5.27. The summed E-state index contributed by atoms with van der Waals surface area (Å²) in [5.41, 5.74) is 4.12. The number of hydrogen-bond donors (Lipinski definition) is 0. The van der Waals surface area contributed by atoms with Gasteiger partial charge in [-0.05, 0) is 49.4 Å². The molecule has 1 aliphatic carbocycles. The fourth-order valence-electron chi connectivity index (χ4n) is 3.13. The normalized spacial score (nSPS) is 20.3. The quantitative estimate of drug-likeness (QED) is 0.714. The molecule has 0 N–H and O–H groups in total. The standard InChI is InChI=1S/C17H20FN/c1-12-11-14(7-8-15(12)18)17-10-9-16(19-17)13-5-3-2-4-6-13/h7-8,10-11,13H,2-6,9H2,1H3. The molecule has 1 fully saturated rings. The van der Waals surface area contributed by atoms with Crippen molar-refractivity contribution in [3.63, 3.8) is 0 Å². The first-order valence-corrected chi connectivity index (χ1v) is 7.28. The van der Waals surface area contributed by atoms with Crippen LogP contribution in [0.5, 0.6) is 0 Å². The van der Waals surface area contributed by atoms with Gasteiger partial charge in [0.2, 0.25) is 0 Å². The van der Waals surface area contributed by atoms with E-state index < -0.39 is 0 Å². The first kappa shape index (κ1) is 12.6. The number of nitrogens with zero attached hydrogens (tertiary/aromatic N) is 1. The lowest BCUT2D eigenvalue weighted by molar-refractivity contribution is 0.437. The van der Waals surface area contributed by atoms with Gasteiger partial charge in [0, 0.05) is 17.7 Å². The van der Waals surface area contributed by atoms with Crippen LogP contribution in [0.3, 0.4) is 0 Å². The Morgan fingerprint density at radius 3 is 2.68 bits per heavy atom. The molecule has 3 rings (SSSR count). The Bertz CT molecular complexity index is 536. The molecule has 0 spiro atoms. The molecule has 1 aliphatic heterocycles. The van der Waals surface area contributed by atoms with Crippen molar-refractivity contribution in [2.45, 2.75) is 45.4 Å². The lowest BCUT2D eigenvalue weighted by atomic mass is 9.85. The van der Waals surface area contributed by atoms with Crippen LogP contribution in [0.2, 0.25) is 0 Å². The van der Waals surface area contributed by atoms with Crippen molar-refractivity contribution in [3.05, 3.63) is 41.2 Å². The molecular weight excluding hydrogens is 237 g/mol. The molecule has 1 saturated carbocycles. The maximum Gasteiger partial charge on any atom is 0.126 e. The van der Waals surface area contributed by atoms with Gasteiger partial charge in [-0.15, -0.1) is 0 Å². The first-order valence-electron chi connectivity index (χ1n) is 7.28. The second kappa shape index (κ2) is 5.28. The van der Waals surface area contributed by atoms with Crippen molar-refractivity contribution < 1.29 is 4.39 Å². The van der Waals surface area contributed by atoms with E-state index in [-0.39, 0.29) is 5.82 Å². The lowest BCUT2D eigenvalue weighted by Gasteiger charge is -2.21. The summed E-state index contributed by atoms with van der Waals surface area (Å²) in [5, 5.41) is 0. The van der Waals surface area contributed by atoms with Crippen molar-refractivity contribution in [3.8, 4) is 0 Å². The van der Waals surface area contributed by atoms with Crippen LogP contribution in [0.25, 0.3) is 5.70 Å². The number of halogens is 1. The van der Waals surface area contributed by atoms with Gasteiger partial charge in [-0.25, -0.2) is 4.39 Å². The highest BCUT2D eigenvalue weighted by Crippen LogP contribution is 2.32. The summed E-state index contributed by atoms with van der Waals surface area (Å²) in [4.78, 5) is 4.81. The molecule has 0 amide bonds. The number of aryl methyl sites for hydroxylation is 1. The summed E-state index contributed by atoms with van der Waals surface area (Å²) in [6.45, 7) is 1.81. The van der Waals surface area contributed by atoms with E-state index in [0.717, 1.165) is 17.7 Å². The monoisotopic (exact) mass is 257 g/mol. The van der Waals surface area contributed by atoms with Crippen LogP contribution < -0.4 is 0 Å². The molecule has 2 heteroatoms. The summed E-state index contributed by atoms with van der Waals surface area (Å²) in [7, 11) is 0.